The number of aryl methyl sites for hydroxylation is 2. The fourth-order valence-corrected chi connectivity index (χ4v) is 5.31. The Labute approximate surface area is 203 Å². The molecule has 2 heterocycles. The maximum absolute atomic E-state index is 14.0. The highest BCUT2D eigenvalue weighted by Crippen LogP contribution is 2.29. The Bertz CT molecular complexity index is 1620. The third-order valence-corrected chi connectivity index (χ3v) is 6.89. The van der Waals surface area contributed by atoms with Crippen LogP contribution >= 0.6 is 0 Å². The summed E-state index contributed by atoms with van der Waals surface area (Å²) in [6, 6.07) is 20.8. The van der Waals surface area contributed by atoms with Gasteiger partial charge in [-0.1, -0.05) is 49.7 Å². The van der Waals surface area contributed by atoms with Crippen LogP contribution < -0.4 is 5.69 Å². The Kier molecular flexibility index (Phi) is 5.81. The van der Waals surface area contributed by atoms with Crippen LogP contribution in [0.25, 0.3) is 21.9 Å². The lowest BCUT2D eigenvalue weighted by Crippen LogP contribution is -2.28. The quantitative estimate of drug-likeness (QED) is 0.332. The van der Waals surface area contributed by atoms with Crippen LogP contribution in [-0.4, -0.2) is 24.8 Å². The number of fused-ring (bicyclic) bond motifs is 2. The summed E-state index contributed by atoms with van der Waals surface area (Å²) in [5.41, 5.74) is 6.13. The molecule has 1 N–H and O–H groups in total. The summed E-state index contributed by atoms with van der Waals surface area (Å²) in [6.07, 6.45) is 3.69. The smallest absolute Gasteiger partial charge is 0.335 e. The standard InChI is InChI=1S/C29H29N3O3/c1-4-9-23(20-11-8-12-21(16-20)28(33)34)32-25-14-6-5-13-24(25)31(29(32)35)18-22-17-30(3)26-15-7-10-19(2)27(22)26/h5-8,10-17,23H,4,9,18H2,1-3H3,(H,33,34). The second-order valence-electron chi connectivity index (χ2n) is 9.20. The van der Waals surface area contributed by atoms with Crippen LogP contribution in [0.2, 0.25) is 0 Å². The minimum absolute atomic E-state index is 0.0871. The molecule has 0 aliphatic rings. The molecule has 5 aromatic rings. The van der Waals surface area contributed by atoms with Gasteiger partial charge in [-0.3, -0.25) is 9.13 Å². The number of carboxylic acids is 1. The first-order valence-electron chi connectivity index (χ1n) is 12.0. The second kappa shape index (κ2) is 8.95. The topological polar surface area (TPSA) is 69.2 Å². The van der Waals surface area contributed by atoms with E-state index in [1.807, 2.05) is 46.5 Å². The van der Waals surface area contributed by atoms with Gasteiger partial charge in [0.05, 0.1) is 29.2 Å². The first-order chi connectivity index (χ1) is 16.9. The lowest BCUT2D eigenvalue weighted by atomic mass is 9.99. The molecule has 0 amide bonds. The van der Waals surface area contributed by atoms with Gasteiger partial charge in [-0.15, -0.1) is 0 Å². The molecular weight excluding hydrogens is 438 g/mol. The first kappa shape index (κ1) is 22.7. The van der Waals surface area contributed by atoms with Crippen molar-refractivity contribution in [3.8, 4) is 0 Å². The number of para-hydroxylation sites is 2. The number of nitrogens with zero attached hydrogens (tertiary/aromatic N) is 3. The molecule has 3 aromatic carbocycles. The van der Waals surface area contributed by atoms with Gasteiger partial charge in [-0.25, -0.2) is 9.59 Å². The van der Waals surface area contributed by atoms with E-state index in [2.05, 4.69) is 42.8 Å². The third kappa shape index (κ3) is 3.85. The first-order valence-corrected chi connectivity index (χ1v) is 12.0. The van der Waals surface area contributed by atoms with Crippen LogP contribution in [0.1, 0.15) is 52.9 Å². The molecular formula is C29H29N3O3. The summed E-state index contributed by atoms with van der Waals surface area (Å²) in [5, 5.41) is 10.7. The van der Waals surface area contributed by atoms with E-state index in [0.717, 1.165) is 40.5 Å². The molecule has 178 valence electrons. The van der Waals surface area contributed by atoms with Crippen LogP contribution in [0.4, 0.5) is 0 Å². The minimum atomic E-state index is -0.969. The highest BCUT2D eigenvalue weighted by Gasteiger charge is 2.23. The normalized spacial score (nSPS) is 12.4. The molecule has 0 spiro atoms. The van der Waals surface area contributed by atoms with E-state index < -0.39 is 5.97 Å². The Balaban J connectivity index is 1.71. The van der Waals surface area contributed by atoms with E-state index in [9.17, 15) is 14.7 Å². The summed E-state index contributed by atoms with van der Waals surface area (Å²) in [6.45, 7) is 4.64. The number of carbonyl (C=O) groups is 1. The fourth-order valence-electron chi connectivity index (χ4n) is 5.31. The largest absolute Gasteiger partial charge is 0.478 e. The molecule has 5 rings (SSSR count). The van der Waals surface area contributed by atoms with Crippen molar-refractivity contribution < 1.29 is 9.90 Å². The summed E-state index contributed by atoms with van der Waals surface area (Å²) < 4.78 is 5.80. The average molecular weight is 468 g/mol. The van der Waals surface area contributed by atoms with Crippen molar-refractivity contribution in [2.45, 2.75) is 39.3 Å². The molecule has 0 aliphatic carbocycles. The molecule has 6 nitrogen and oxygen atoms in total. The summed E-state index contributed by atoms with van der Waals surface area (Å²) in [4.78, 5) is 25.7. The molecule has 0 aliphatic heterocycles. The third-order valence-electron chi connectivity index (χ3n) is 6.89. The number of carboxylic acid groups (broad SMARTS) is 1. The molecule has 1 unspecified atom stereocenters. The maximum atomic E-state index is 14.0. The molecule has 6 heteroatoms. The zero-order chi connectivity index (χ0) is 24.7. The van der Waals surface area contributed by atoms with Crippen LogP contribution in [0.5, 0.6) is 0 Å². The molecule has 0 saturated carbocycles. The van der Waals surface area contributed by atoms with Crippen LogP contribution in [-0.2, 0) is 13.6 Å². The molecule has 0 bridgehead atoms. The zero-order valence-electron chi connectivity index (χ0n) is 20.2. The van der Waals surface area contributed by atoms with Gasteiger partial charge in [-0.05, 0) is 60.4 Å². The maximum Gasteiger partial charge on any atom is 0.335 e. The number of aromatic nitrogens is 3. The van der Waals surface area contributed by atoms with Gasteiger partial charge < -0.3 is 9.67 Å². The number of imidazole rings is 1. The van der Waals surface area contributed by atoms with E-state index in [-0.39, 0.29) is 17.3 Å². The molecule has 0 radical (unpaired) electrons. The molecule has 1 atom stereocenters. The number of rotatable bonds is 7. The van der Waals surface area contributed by atoms with Crippen molar-refractivity contribution in [2.24, 2.45) is 7.05 Å². The summed E-state index contributed by atoms with van der Waals surface area (Å²) in [7, 11) is 2.03. The highest BCUT2D eigenvalue weighted by molar-refractivity contribution is 5.88. The van der Waals surface area contributed by atoms with Crippen molar-refractivity contribution in [1.29, 1.82) is 0 Å². The SMILES string of the molecule is CCCC(c1cccc(C(=O)O)c1)n1c(=O)n(Cc2cn(C)c3cccc(C)c23)c2ccccc21. The van der Waals surface area contributed by atoms with E-state index in [1.54, 1.807) is 18.2 Å². The lowest BCUT2D eigenvalue weighted by molar-refractivity contribution is 0.0696. The van der Waals surface area contributed by atoms with Crippen molar-refractivity contribution in [2.75, 3.05) is 0 Å². The van der Waals surface area contributed by atoms with Gasteiger partial charge in [0, 0.05) is 24.1 Å². The second-order valence-corrected chi connectivity index (χ2v) is 9.20. The van der Waals surface area contributed by atoms with Gasteiger partial charge in [0.1, 0.15) is 0 Å². The summed E-state index contributed by atoms with van der Waals surface area (Å²) in [5.74, 6) is -0.969. The molecule has 0 fully saturated rings. The van der Waals surface area contributed by atoms with Gasteiger partial charge in [0.2, 0.25) is 0 Å². The Morgan fingerprint density at radius 2 is 1.69 bits per heavy atom. The van der Waals surface area contributed by atoms with E-state index in [4.69, 9.17) is 0 Å². The number of hydrogen-bond donors (Lipinski definition) is 1. The molecule has 35 heavy (non-hydrogen) atoms. The minimum Gasteiger partial charge on any atom is -0.478 e. The van der Waals surface area contributed by atoms with Gasteiger partial charge in [0.25, 0.3) is 0 Å². The number of hydrogen-bond acceptors (Lipinski definition) is 2. The van der Waals surface area contributed by atoms with Gasteiger partial charge in [-0.2, -0.15) is 0 Å². The predicted molar refractivity (Wildman–Crippen MR) is 139 cm³/mol. The summed E-state index contributed by atoms with van der Waals surface area (Å²) >= 11 is 0. The van der Waals surface area contributed by atoms with Crippen molar-refractivity contribution in [3.63, 3.8) is 0 Å². The molecule has 2 aromatic heterocycles. The van der Waals surface area contributed by atoms with Gasteiger partial charge >= 0.3 is 11.7 Å². The van der Waals surface area contributed by atoms with E-state index in [1.165, 1.54) is 10.9 Å². The van der Waals surface area contributed by atoms with Crippen LogP contribution in [0.3, 0.4) is 0 Å². The number of aromatic carboxylic acids is 1. The van der Waals surface area contributed by atoms with E-state index in [0.29, 0.717) is 6.54 Å². The van der Waals surface area contributed by atoms with Crippen molar-refractivity contribution >= 4 is 27.9 Å². The van der Waals surface area contributed by atoms with Crippen molar-refractivity contribution in [3.05, 3.63) is 106 Å². The van der Waals surface area contributed by atoms with Crippen molar-refractivity contribution in [1.82, 2.24) is 13.7 Å². The Morgan fingerprint density at radius 3 is 2.43 bits per heavy atom. The Morgan fingerprint density at radius 1 is 0.971 bits per heavy atom. The van der Waals surface area contributed by atoms with E-state index >= 15 is 0 Å². The van der Waals surface area contributed by atoms with Crippen LogP contribution in [0.15, 0.2) is 77.7 Å². The highest BCUT2D eigenvalue weighted by atomic mass is 16.4. The van der Waals surface area contributed by atoms with Gasteiger partial charge in [0.15, 0.2) is 0 Å². The molecule has 0 saturated heterocycles. The Hall–Kier alpha value is -4.06. The zero-order valence-corrected chi connectivity index (χ0v) is 20.2. The lowest BCUT2D eigenvalue weighted by Gasteiger charge is -2.19. The van der Waals surface area contributed by atoms with Crippen LogP contribution in [0, 0.1) is 6.92 Å². The fraction of sp³-hybridized carbons (Fsp3) is 0.241. The number of benzene rings is 3. The average Bonchev–Trinajstić information content (AvgIpc) is 3.32. The predicted octanol–water partition coefficient (Wildman–Crippen LogP) is 5.74. The monoisotopic (exact) mass is 467 g/mol.